The molecule has 24 heavy (non-hydrogen) atoms. The maximum absolute atomic E-state index is 12.3. The normalized spacial score (nSPS) is 16.7. The van der Waals surface area contributed by atoms with Gasteiger partial charge in [-0.2, -0.15) is 13.2 Å². The van der Waals surface area contributed by atoms with E-state index in [9.17, 15) is 18.0 Å². The smallest absolute Gasteiger partial charge is 0.318 e. The first-order valence-corrected chi connectivity index (χ1v) is 7.55. The minimum atomic E-state index is -4.88. The standard InChI is InChI=1S/C17H16F3N3O/c18-17(19,20)16(24)23-13-5-4-11-7-15(9-12(11)8-13)22-10-14-3-1-2-6-21-14/h1-6,8,15,22H,7,9-10H2,(H,23,24). The fourth-order valence-electron chi connectivity index (χ4n) is 2.79. The third-order valence-corrected chi connectivity index (χ3v) is 3.95. The highest BCUT2D eigenvalue weighted by Crippen LogP contribution is 2.26. The molecular formula is C17H16F3N3O. The van der Waals surface area contributed by atoms with Gasteiger partial charge in [0.15, 0.2) is 0 Å². The number of aromatic nitrogens is 1. The highest BCUT2D eigenvalue weighted by atomic mass is 19.4. The number of nitrogens with one attached hydrogen (secondary N) is 2. The van der Waals surface area contributed by atoms with E-state index in [0.29, 0.717) is 13.0 Å². The van der Waals surface area contributed by atoms with Crippen molar-refractivity contribution in [3.63, 3.8) is 0 Å². The monoisotopic (exact) mass is 335 g/mol. The number of anilines is 1. The number of hydrogen-bond acceptors (Lipinski definition) is 3. The Morgan fingerprint density at radius 3 is 2.67 bits per heavy atom. The Kier molecular flexibility index (Phi) is 4.53. The first-order valence-electron chi connectivity index (χ1n) is 7.55. The van der Waals surface area contributed by atoms with Crippen LogP contribution in [-0.2, 0) is 24.2 Å². The summed E-state index contributed by atoms with van der Waals surface area (Å²) >= 11 is 0. The van der Waals surface area contributed by atoms with Crippen LogP contribution >= 0.6 is 0 Å². The van der Waals surface area contributed by atoms with Crippen molar-refractivity contribution in [3.8, 4) is 0 Å². The van der Waals surface area contributed by atoms with E-state index in [-0.39, 0.29) is 11.7 Å². The number of carbonyl (C=O) groups is 1. The van der Waals surface area contributed by atoms with Gasteiger partial charge in [-0.05, 0) is 48.2 Å². The molecule has 3 rings (SSSR count). The quantitative estimate of drug-likeness (QED) is 0.903. The Balaban J connectivity index is 1.60. The van der Waals surface area contributed by atoms with E-state index < -0.39 is 12.1 Å². The summed E-state index contributed by atoms with van der Waals surface area (Å²) in [6.07, 6.45) is -1.64. The third kappa shape index (κ3) is 3.91. The highest BCUT2D eigenvalue weighted by molar-refractivity contribution is 5.95. The Morgan fingerprint density at radius 2 is 1.96 bits per heavy atom. The number of halogens is 3. The molecule has 126 valence electrons. The van der Waals surface area contributed by atoms with E-state index in [1.54, 1.807) is 18.3 Å². The summed E-state index contributed by atoms with van der Waals surface area (Å²) in [7, 11) is 0. The molecule has 2 aromatic rings. The van der Waals surface area contributed by atoms with Crippen LogP contribution in [0.5, 0.6) is 0 Å². The van der Waals surface area contributed by atoms with E-state index >= 15 is 0 Å². The number of nitrogens with zero attached hydrogens (tertiary/aromatic N) is 1. The van der Waals surface area contributed by atoms with Gasteiger partial charge in [-0.15, -0.1) is 0 Å². The molecule has 0 saturated heterocycles. The lowest BCUT2D eigenvalue weighted by molar-refractivity contribution is -0.167. The molecule has 0 saturated carbocycles. The molecule has 0 radical (unpaired) electrons. The number of alkyl halides is 3. The van der Waals surface area contributed by atoms with Gasteiger partial charge in [0.05, 0.1) is 5.69 Å². The maximum atomic E-state index is 12.3. The van der Waals surface area contributed by atoms with Crippen molar-refractivity contribution in [2.75, 3.05) is 5.32 Å². The second-order valence-electron chi connectivity index (χ2n) is 5.74. The minimum absolute atomic E-state index is 0.168. The van der Waals surface area contributed by atoms with Crippen LogP contribution in [0.2, 0.25) is 0 Å². The van der Waals surface area contributed by atoms with Gasteiger partial charge in [-0.1, -0.05) is 12.1 Å². The van der Waals surface area contributed by atoms with Crippen molar-refractivity contribution < 1.29 is 18.0 Å². The summed E-state index contributed by atoms with van der Waals surface area (Å²) in [4.78, 5) is 15.2. The minimum Gasteiger partial charge on any atom is -0.318 e. The molecule has 4 nitrogen and oxygen atoms in total. The predicted octanol–water partition coefficient (Wildman–Crippen LogP) is 2.84. The Bertz CT molecular complexity index is 732. The lowest BCUT2D eigenvalue weighted by atomic mass is 10.1. The van der Waals surface area contributed by atoms with Gasteiger partial charge in [0, 0.05) is 24.5 Å². The Hall–Kier alpha value is -2.41. The number of amides is 1. The molecule has 1 aliphatic carbocycles. The lowest BCUT2D eigenvalue weighted by Crippen LogP contribution is -2.30. The second kappa shape index (κ2) is 6.60. The Morgan fingerprint density at radius 1 is 1.17 bits per heavy atom. The van der Waals surface area contributed by atoms with Crippen LogP contribution in [0.15, 0.2) is 42.6 Å². The molecule has 1 aromatic heterocycles. The molecule has 1 heterocycles. The lowest BCUT2D eigenvalue weighted by Gasteiger charge is -2.11. The first kappa shape index (κ1) is 16.4. The van der Waals surface area contributed by atoms with E-state index in [1.165, 1.54) is 6.07 Å². The third-order valence-electron chi connectivity index (χ3n) is 3.95. The molecule has 1 unspecified atom stereocenters. The summed E-state index contributed by atoms with van der Waals surface area (Å²) in [6, 6.07) is 10.8. The van der Waals surface area contributed by atoms with Crippen LogP contribution in [0.4, 0.5) is 18.9 Å². The van der Waals surface area contributed by atoms with Crippen molar-refractivity contribution in [1.29, 1.82) is 0 Å². The molecule has 1 aromatic carbocycles. The molecule has 7 heteroatoms. The van der Waals surface area contributed by atoms with Crippen LogP contribution in [0, 0.1) is 0 Å². The average molecular weight is 335 g/mol. The molecule has 1 amide bonds. The second-order valence-corrected chi connectivity index (χ2v) is 5.74. The number of fused-ring (bicyclic) bond motifs is 1. The Labute approximate surface area is 137 Å². The molecule has 0 bridgehead atoms. The summed E-state index contributed by atoms with van der Waals surface area (Å²) in [5, 5.41) is 5.29. The van der Waals surface area contributed by atoms with Crippen LogP contribution in [0.25, 0.3) is 0 Å². The number of carbonyl (C=O) groups excluding carboxylic acids is 1. The zero-order valence-electron chi connectivity index (χ0n) is 12.7. The predicted molar refractivity (Wildman–Crippen MR) is 83.4 cm³/mol. The van der Waals surface area contributed by atoms with E-state index in [0.717, 1.165) is 23.2 Å². The van der Waals surface area contributed by atoms with Gasteiger partial charge in [-0.25, -0.2) is 0 Å². The van der Waals surface area contributed by atoms with Gasteiger partial charge in [0.1, 0.15) is 0 Å². The van der Waals surface area contributed by atoms with E-state index in [2.05, 4.69) is 10.3 Å². The van der Waals surface area contributed by atoms with Crippen LogP contribution in [0.3, 0.4) is 0 Å². The van der Waals surface area contributed by atoms with Gasteiger partial charge in [-0.3, -0.25) is 9.78 Å². The van der Waals surface area contributed by atoms with Crippen LogP contribution < -0.4 is 10.6 Å². The van der Waals surface area contributed by atoms with Crippen LogP contribution in [-0.4, -0.2) is 23.1 Å². The van der Waals surface area contributed by atoms with E-state index in [1.807, 2.05) is 23.5 Å². The molecule has 0 spiro atoms. The SMILES string of the molecule is O=C(Nc1ccc2c(c1)CC(NCc1ccccn1)C2)C(F)(F)F. The van der Waals surface area contributed by atoms with E-state index in [4.69, 9.17) is 0 Å². The maximum Gasteiger partial charge on any atom is 0.471 e. The summed E-state index contributed by atoms with van der Waals surface area (Å²) in [5.41, 5.74) is 3.14. The fraction of sp³-hybridized carbons (Fsp3) is 0.294. The number of rotatable bonds is 4. The topological polar surface area (TPSA) is 54.0 Å². The van der Waals surface area contributed by atoms with Gasteiger partial charge in [0.25, 0.3) is 0 Å². The van der Waals surface area contributed by atoms with Crippen molar-refractivity contribution in [2.45, 2.75) is 31.6 Å². The molecule has 1 aliphatic rings. The largest absolute Gasteiger partial charge is 0.471 e. The average Bonchev–Trinajstić information content (AvgIpc) is 2.95. The van der Waals surface area contributed by atoms with Crippen molar-refractivity contribution in [2.24, 2.45) is 0 Å². The van der Waals surface area contributed by atoms with Crippen molar-refractivity contribution in [1.82, 2.24) is 10.3 Å². The summed E-state index contributed by atoms with van der Waals surface area (Å²) in [6.45, 7) is 0.636. The number of pyridine rings is 1. The first-order chi connectivity index (χ1) is 11.4. The molecule has 0 fully saturated rings. The molecule has 0 aliphatic heterocycles. The van der Waals surface area contributed by atoms with Crippen LogP contribution in [0.1, 0.15) is 16.8 Å². The molecular weight excluding hydrogens is 319 g/mol. The zero-order valence-corrected chi connectivity index (χ0v) is 12.7. The van der Waals surface area contributed by atoms with Crippen molar-refractivity contribution >= 4 is 11.6 Å². The van der Waals surface area contributed by atoms with Gasteiger partial charge in [0.2, 0.25) is 0 Å². The zero-order chi connectivity index (χ0) is 17.2. The number of hydrogen-bond donors (Lipinski definition) is 2. The highest BCUT2D eigenvalue weighted by Gasteiger charge is 2.38. The summed E-state index contributed by atoms with van der Waals surface area (Å²) < 4.78 is 36.9. The van der Waals surface area contributed by atoms with Crippen molar-refractivity contribution in [3.05, 3.63) is 59.4 Å². The van der Waals surface area contributed by atoms with Gasteiger partial charge < -0.3 is 10.6 Å². The summed E-state index contributed by atoms with van der Waals surface area (Å²) in [5.74, 6) is -1.95. The molecule has 1 atom stereocenters. The van der Waals surface area contributed by atoms with Gasteiger partial charge >= 0.3 is 12.1 Å². The molecule has 2 N–H and O–H groups in total. The fourth-order valence-corrected chi connectivity index (χ4v) is 2.79. The number of benzene rings is 1.